The second kappa shape index (κ2) is 7.88. The molecule has 7 nitrogen and oxygen atoms in total. The lowest BCUT2D eigenvalue weighted by Gasteiger charge is -2.16. The number of amides is 1. The monoisotopic (exact) mass is 428 g/mol. The second-order valence-corrected chi connectivity index (χ2v) is 7.85. The van der Waals surface area contributed by atoms with Gasteiger partial charge in [0.25, 0.3) is 0 Å². The lowest BCUT2D eigenvalue weighted by molar-refractivity contribution is -0.118. The van der Waals surface area contributed by atoms with Crippen LogP contribution in [0.3, 0.4) is 0 Å². The van der Waals surface area contributed by atoms with Crippen molar-refractivity contribution in [1.29, 1.82) is 0 Å². The van der Waals surface area contributed by atoms with Crippen LogP contribution in [0.25, 0.3) is 5.82 Å². The van der Waals surface area contributed by atoms with E-state index in [1.54, 1.807) is 23.0 Å². The third-order valence-corrected chi connectivity index (χ3v) is 5.56. The number of nitrogens with zero attached hydrogens (tertiary/aromatic N) is 4. The average Bonchev–Trinajstić information content (AvgIpc) is 3.41. The van der Waals surface area contributed by atoms with Gasteiger partial charge in [0.2, 0.25) is 5.91 Å². The van der Waals surface area contributed by atoms with Gasteiger partial charge in [-0.15, -0.1) is 0 Å². The summed E-state index contributed by atoms with van der Waals surface area (Å²) in [6.45, 7) is 1.83. The fraction of sp³-hybridized carbons (Fsp3) is 0.167. The molecule has 0 atom stereocenters. The standard InChI is InChI=1S/C24H21FN6O/c1-16-27-21(15-22(28-16)31-14-2-13-26-31)29-19-7-9-20(10-8-19)30-23(32)24(11-12-24)17-3-5-18(25)6-4-17/h2-10,13-15H,11-12H2,1H3,(H,30,32)(H,27,28,29). The molecule has 4 aromatic rings. The number of carbonyl (C=O) groups excluding carboxylic acids is 1. The molecule has 32 heavy (non-hydrogen) atoms. The molecular formula is C24H21FN6O. The zero-order chi connectivity index (χ0) is 22.1. The maximum Gasteiger partial charge on any atom is 0.235 e. The van der Waals surface area contributed by atoms with Crippen molar-refractivity contribution in [3.8, 4) is 5.82 Å². The topological polar surface area (TPSA) is 84.7 Å². The Kier molecular flexibility index (Phi) is 4.89. The van der Waals surface area contributed by atoms with E-state index in [0.717, 1.165) is 24.1 Å². The quantitative estimate of drug-likeness (QED) is 0.472. The largest absolute Gasteiger partial charge is 0.340 e. The number of benzene rings is 2. The molecular weight excluding hydrogens is 407 g/mol. The fourth-order valence-corrected chi connectivity index (χ4v) is 3.71. The molecule has 1 aliphatic rings. The van der Waals surface area contributed by atoms with Crippen molar-refractivity contribution in [1.82, 2.24) is 19.7 Å². The van der Waals surface area contributed by atoms with Gasteiger partial charge in [0.1, 0.15) is 17.5 Å². The van der Waals surface area contributed by atoms with Crippen LogP contribution in [0, 0.1) is 12.7 Å². The predicted octanol–water partition coefficient (Wildman–Crippen LogP) is 4.52. The maximum atomic E-state index is 13.2. The van der Waals surface area contributed by atoms with Gasteiger partial charge in [-0.2, -0.15) is 5.10 Å². The minimum Gasteiger partial charge on any atom is -0.340 e. The zero-order valence-electron chi connectivity index (χ0n) is 17.4. The van der Waals surface area contributed by atoms with E-state index in [0.29, 0.717) is 23.1 Å². The number of carbonyl (C=O) groups is 1. The van der Waals surface area contributed by atoms with Crippen molar-refractivity contribution in [2.24, 2.45) is 0 Å². The summed E-state index contributed by atoms with van der Waals surface area (Å²) in [5, 5.41) is 10.5. The number of anilines is 3. The van der Waals surface area contributed by atoms with Crippen LogP contribution in [0.15, 0.2) is 73.1 Å². The van der Waals surface area contributed by atoms with Gasteiger partial charge in [-0.05, 0) is 67.8 Å². The van der Waals surface area contributed by atoms with Crippen LogP contribution < -0.4 is 10.6 Å². The molecule has 2 heterocycles. The highest BCUT2D eigenvalue weighted by Crippen LogP contribution is 2.49. The van der Waals surface area contributed by atoms with Gasteiger partial charge in [-0.3, -0.25) is 4.79 Å². The minimum atomic E-state index is -0.563. The van der Waals surface area contributed by atoms with E-state index in [2.05, 4.69) is 25.7 Å². The molecule has 2 N–H and O–H groups in total. The average molecular weight is 428 g/mol. The predicted molar refractivity (Wildman–Crippen MR) is 120 cm³/mol. The van der Waals surface area contributed by atoms with Crippen LogP contribution in [0.4, 0.5) is 21.6 Å². The number of hydrogen-bond acceptors (Lipinski definition) is 5. The van der Waals surface area contributed by atoms with Gasteiger partial charge < -0.3 is 10.6 Å². The van der Waals surface area contributed by atoms with Crippen molar-refractivity contribution >= 4 is 23.1 Å². The maximum absolute atomic E-state index is 13.2. The van der Waals surface area contributed by atoms with Gasteiger partial charge in [0.15, 0.2) is 5.82 Å². The molecule has 5 rings (SSSR count). The highest BCUT2D eigenvalue weighted by Gasteiger charge is 2.51. The van der Waals surface area contributed by atoms with E-state index >= 15 is 0 Å². The summed E-state index contributed by atoms with van der Waals surface area (Å²) < 4.78 is 14.9. The molecule has 0 radical (unpaired) electrons. The number of hydrogen-bond donors (Lipinski definition) is 2. The summed E-state index contributed by atoms with van der Waals surface area (Å²) in [5.74, 6) is 1.57. The number of aromatic nitrogens is 4. The molecule has 0 unspecified atom stereocenters. The van der Waals surface area contributed by atoms with E-state index in [-0.39, 0.29) is 11.7 Å². The molecule has 2 aromatic carbocycles. The van der Waals surface area contributed by atoms with Crippen molar-refractivity contribution in [3.05, 3.63) is 90.3 Å². The molecule has 160 valence electrons. The van der Waals surface area contributed by atoms with E-state index < -0.39 is 5.41 Å². The van der Waals surface area contributed by atoms with Gasteiger partial charge in [0, 0.05) is 29.8 Å². The minimum absolute atomic E-state index is 0.0693. The van der Waals surface area contributed by atoms with Gasteiger partial charge in [0.05, 0.1) is 5.41 Å². The summed E-state index contributed by atoms with van der Waals surface area (Å²) in [6.07, 6.45) is 5.03. The van der Waals surface area contributed by atoms with Gasteiger partial charge >= 0.3 is 0 Å². The Morgan fingerprint density at radius 1 is 1.03 bits per heavy atom. The van der Waals surface area contributed by atoms with E-state index in [4.69, 9.17) is 0 Å². The first-order valence-corrected chi connectivity index (χ1v) is 10.3. The molecule has 1 saturated carbocycles. The fourth-order valence-electron chi connectivity index (χ4n) is 3.71. The Morgan fingerprint density at radius 3 is 2.41 bits per heavy atom. The van der Waals surface area contributed by atoms with Crippen LogP contribution in [0.2, 0.25) is 0 Å². The lowest BCUT2D eigenvalue weighted by Crippen LogP contribution is -2.27. The highest BCUT2D eigenvalue weighted by molar-refractivity contribution is 6.01. The van der Waals surface area contributed by atoms with E-state index in [9.17, 15) is 9.18 Å². The third kappa shape index (κ3) is 3.94. The van der Waals surface area contributed by atoms with Crippen LogP contribution in [0.5, 0.6) is 0 Å². The number of halogens is 1. The Bertz CT molecular complexity index is 1250. The molecule has 0 aliphatic heterocycles. The Hall–Kier alpha value is -4.07. The highest BCUT2D eigenvalue weighted by atomic mass is 19.1. The SMILES string of the molecule is Cc1nc(Nc2ccc(NC(=O)C3(c4ccc(F)cc4)CC3)cc2)cc(-n2cccn2)n1. The zero-order valence-corrected chi connectivity index (χ0v) is 17.4. The summed E-state index contributed by atoms with van der Waals surface area (Å²) in [5.41, 5.74) is 1.81. The third-order valence-electron chi connectivity index (χ3n) is 5.56. The normalized spacial score (nSPS) is 14.1. The van der Waals surface area contributed by atoms with Crippen LogP contribution in [-0.4, -0.2) is 25.7 Å². The Labute approximate surface area is 184 Å². The summed E-state index contributed by atoms with van der Waals surface area (Å²) in [4.78, 5) is 21.7. The molecule has 8 heteroatoms. The van der Waals surface area contributed by atoms with Crippen molar-refractivity contribution in [3.63, 3.8) is 0 Å². The lowest BCUT2D eigenvalue weighted by atomic mass is 9.95. The van der Waals surface area contributed by atoms with Gasteiger partial charge in [-0.1, -0.05) is 12.1 Å². The molecule has 1 aliphatic carbocycles. The molecule has 0 spiro atoms. The van der Waals surface area contributed by atoms with Crippen molar-refractivity contribution < 1.29 is 9.18 Å². The Morgan fingerprint density at radius 2 is 1.75 bits per heavy atom. The first-order valence-electron chi connectivity index (χ1n) is 10.3. The molecule has 1 fully saturated rings. The van der Waals surface area contributed by atoms with Crippen molar-refractivity contribution in [2.45, 2.75) is 25.2 Å². The smallest absolute Gasteiger partial charge is 0.235 e. The summed E-state index contributed by atoms with van der Waals surface area (Å²) in [6, 6.07) is 17.2. The Balaban J connectivity index is 1.28. The van der Waals surface area contributed by atoms with Crippen molar-refractivity contribution in [2.75, 3.05) is 10.6 Å². The van der Waals surface area contributed by atoms with Crippen LogP contribution in [0.1, 0.15) is 24.2 Å². The van der Waals surface area contributed by atoms with Crippen LogP contribution in [-0.2, 0) is 10.2 Å². The molecule has 1 amide bonds. The summed E-state index contributed by atoms with van der Waals surface area (Å²) in [7, 11) is 0. The molecule has 2 aromatic heterocycles. The second-order valence-electron chi connectivity index (χ2n) is 7.85. The number of aryl methyl sites for hydroxylation is 1. The first-order chi connectivity index (χ1) is 15.5. The number of rotatable bonds is 6. The van der Waals surface area contributed by atoms with Gasteiger partial charge in [-0.25, -0.2) is 19.0 Å². The molecule has 0 saturated heterocycles. The van der Waals surface area contributed by atoms with E-state index in [1.807, 2.05) is 49.5 Å². The molecule has 0 bridgehead atoms. The van der Waals surface area contributed by atoms with Crippen LogP contribution >= 0.6 is 0 Å². The van der Waals surface area contributed by atoms with E-state index in [1.165, 1.54) is 12.1 Å². The summed E-state index contributed by atoms with van der Waals surface area (Å²) >= 11 is 0. The first kappa shape index (κ1) is 19.9. The number of nitrogens with one attached hydrogen (secondary N) is 2.